The van der Waals surface area contributed by atoms with E-state index < -0.39 is 0 Å². The lowest BCUT2D eigenvalue weighted by molar-refractivity contribution is -0.116. The van der Waals surface area contributed by atoms with E-state index in [-0.39, 0.29) is 5.91 Å². The molecule has 154 valence electrons. The minimum absolute atomic E-state index is 0.0672. The molecule has 1 N–H and O–H groups in total. The zero-order chi connectivity index (χ0) is 20.3. The van der Waals surface area contributed by atoms with E-state index in [0.717, 1.165) is 56.8 Å². The van der Waals surface area contributed by atoms with Crippen molar-refractivity contribution in [2.24, 2.45) is 0 Å². The van der Waals surface area contributed by atoms with Crippen LogP contribution in [-0.4, -0.2) is 33.8 Å². The Morgan fingerprint density at radius 1 is 1.10 bits per heavy atom. The summed E-state index contributed by atoms with van der Waals surface area (Å²) >= 11 is 0. The van der Waals surface area contributed by atoms with Gasteiger partial charge in [0.15, 0.2) is 0 Å². The lowest BCUT2D eigenvalue weighted by Gasteiger charge is -2.31. The topological polar surface area (TPSA) is 63.1 Å². The van der Waals surface area contributed by atoms with Crippen LogP contribution in [0.1, 0.15) is 42.1 Å². The summed E-state index contributed by atoms with van der Waals surface area (Å²) in [5, 5.41) is 11.2. The highest BCUT2D eigenvalue weighted by atomic mass is 16.1. The van der Waals surface area contributed by atoms with Crippen LogP contribution in [0.15, 0.2) is 54.9 Å². The normalized spacial score (nSPS) is 17.9. The fourth-order valence-electron chi connectivity index (χ4n) is 4.67. The molecule has 1 atom stereocenters. The molecule has 30 heavy (non-hydrogen) atoms. The van der Waals surface area contributed by atoms with Gasteiger partial charge in [0.2, 0.25) is 5.91 Å². The summed E-state index contributed by atoms with van der Waals surface area (Å²) < 4.78 is 2.14. The molecule has 0 saturated carbocycles. The van der Waals surface area contributed by atoms with Gasteiger partial charge in [-0.2, -0.15) is 0 Å². The second kappa shape index (κ2) is 8.30. The maximum atomic E-state index is 12.5. The minimum atomic E-state index is 0.0672. The largest absolute Gasteiger partial charge is 0.371 e. The summed E-state index contributed by atoms with van der Waals surface area (Å²) in [6.07, 6.45) is 6.64. The predicted molar refractivity (Wildman–Crippen MR) is 118 cm³/mol. The van der Waals surface area contributed by atoms with E-state index in [0.29, 0.717) is 12.3 Å². The maximum absolute atomic E-state index is 12.5. The van der Waals surface area contributed by atoms with Crippen LogP contribution in [0.2, 0.25) is 0 Å². The number of nitrogens with one attached hydrogen (secondary N) is 1. The van der Waals surface area contributed by atoms with Crippen LogP contribution < -0.4 is 10.2 Å². The number of carbonyl (C=O) groups is 1. The average Bonchev–Trinajstić information content (AvgIpc) is 3.26. The van der Waals surface area contributed by atoms with Crippen molar-refractivity contribution >= 4 is 17.3 Å². The highest BCUT2D eigenvalue weighted by molar-refractivity contribution is 5.91. The molecule has 0 unspecified atom stereocenters. The lowest BCUT2D eigenvalue weighted by Crippen LogP contribution is -2.32. The van der Waals surface area contributed by atoms with Crippen molar-refractivity contribution in [3.63, 3.8) is 0 Å². The van der Waals surface area contributed by atoms with E-state index in [4.69, 9.17) is 0 Å². The first-order valence-corrected chi connectivity index (χ1v) is 10.9. The third-order valence-electron chi connectivity index (χ3n) is 6.31. The van der Waals surface area contributed by atoms with E-state index in [1.807, 2.05) is 18.5 Å². The highest BCUT2D eigenvalue weighted by Gasteiger charge is 2.21. The Labute approximate surface area is 176 Å². The molecule has 3 aromatic rings. The molecule has 5 rings (SSSR count). The second-order valence-electron chi connectivity index (χ2n) is 8.27. The first kappa shape index (κ1) is 18.9. The molecular formula is C24H27N5O. The number of hydrogen-bond donors (Lipinski definition) is 1. The summed E-state index contributed by atoms with van der Waals surface area (Å²) in [7, 11) is 0. The van der Waals surface area contributed by atoms with Crippen molar-refractivity contribution in [3.05, 3.63) is 71.8 Å². The molecule has 1 aromatic heterocycles. The van der Waals surface area contributed by atoms with Crippen LogP contribution in [0.25, 0.3) is 0 Å². The van der Waals surface area contributed by atoms with Gasteiger partial charge in [0.05, 0.1) is 0 Å². The zero-order valence-electron chi connectivity index (χ0n) is 17.1. The van der Waals surface area contributed by atoms with Gasteiger partial charge in [-0.3, -0.25) is 4.79 Å². The molecule has 0 spiro atoms. The Morgan fingerprint density at radius 3 is 2.87 bits per heavy atom. The first-order valence-electron chi connectivity index (χ1n) is 10.9. The maximum Gasteiger partial charge on any atom is 0.226 e. The summed E-state index contributed by atoms with van der Waals surface area (Å²) in [6.45, 7) is 2.70. The average molecular weight is 402 g/mol. The van der Waals surface area contributed by atoms with Crippen LogP contribution in [-0.2, 0) is 24.2 Å². The smallest absolute Gasteiger partial charge is 0.226 e. The number of rotatable bonds is 5. The molecule has 0 saturated heterocycles. The van der Waals surface area contributed by atoms with Gasteiger partial charge in [0.1, 0.15) is 12.2 Å². The highest BCUT2D eigenvalue weighted by Crippen LogP contribution is 2.29. The van der Waals surface area contributed by atoms with Crippen molar-refractivity contribution in [1.29, 1.82) is 0 Å². The fourth-order valence-corrected chi connectivity index (χ4v) is 4.67. The Balaban J connectivity index is 1.15. The molecule has 3 heterocycles. The predicted octanol–water partition coefficient (Wildman–Crippen LogP) is 3.79. The van der Waals surface area contributed by atoms with Crippen molar-refractivity contribution in [3.8, 4) is 0 Å². The molecule has 2 aliphatic rings. The molecule has 0 bridgehead atoms. The molecule has 1 amide bonds. The first-order chi connectivity index (χ1) is 14.8. The Kier molecular flexibility index (Phi) is 5.22. The van der Waals surface area contributed by atoms with Gasteiger partial charge in [-0.15, -0.1) is 10.2 Å². The number of fused-ring (bicyclic) bond motifs is 2. The van der Waals surface area contributed by atoms with Gasteiger partial charge in [0, 0.05) is 49.8 Å². The van der Waals surface area contributed by atoms with Gasteiger partial charge < -0.3 is 14.8 Å². The molecule has 0 radical (unpaired) electrons. The standard InChI is InChI=1S/C24H27N5O/c30-24(13-15-28-14-3-5-19-4-1-2-6-22(19)28)26-21-10-7-18(8-11-21)20-9-12-23-27-25-17-29(23)16-20/h1-2,4,6-8,10-11,17,20H,3,5,9,12-16H2,(H,26,30)/t20-/m1/s1. The van der Waals surface area contributed by atoms with Crippen molar-refractivity contribution in [1.82, 2.24) is 14.8 Å². The Morgan fingerprint density at radius 2 is 1.97 bits per heavy atom. The van der Waals surface area contributed by atoms with Gasteiger partial charge in [-0.25, -0.2) is 0 Å². The minimum Gasteiger partial charge on any atom is -0.371 e. The van der Waals surface area contributed by atoms with Gasteiger partial charge in [0.25, 0.3) is 0 Å². The quantitative estimate of drug-likeness (QED) is 0.707. The number of hydrogen-bond acceptors (Lipinski definition) is 4. The number of para-hydroxylation sites is 1. The Hall–Kier alpha value is -3.15. The summed E-state index contributed by atoms with van der Waals surface area (Å²) in [5.41, 5.74) is 4.84. The molecule has 6 heteroatoms. The van der Waals surface area contributed by atoms with Crippen LogP contribution in [0.5, 0.6) is 0 Å². The third kappa shape index (κ3) is 3.95. The number of amides is 1. The summed E-state index contributed by atoms with van der Waals surface area (Å²) in [4.78, 5) is 14.8. The van der Waals surface area contributed by atoms with Crippen molar-refractivity contribution < 1.29 is 4.79 Å². The van der Waals surface area contributed by atoms with E-state index >= 15 is 0 Å². The van der Waals surface area contributed by atoms with Crippen LogP contribution in [0, 0.1) is 0 Å². The monoisotopic (exact) mass is 401 g/mol. The molecular weight excluding hydrogens is 374 g/mol. The SMILES string of the molecule is O=C(CCN1CCCc2ccccc21)Nc1ccc([C@@H]2CCc3nncn3C2)cc1. The van der Waals surface area contributed by atoms with Crippen molar-refractivity contribution in [2.75, 3.05) is 23.3 Å². The summed E-state index contributed by atoms with van der Waals surface area (Å²) in [6, 6.07) is 16.8. The van der Waals surface area contributed by atoms with Crippen LogP contribution >= 0.6 is 0 Å². The number of nitrogens with zero attached hydrogens (tertiary/aromatic N) is 4. The summed E-state index contributed by atoms with van der Waals surface area (Å²) in [5.74, 6) is 1.61. The molecule has 0 aliphatic carbocycles. The van der Waals surface area contributed by atoms with Gasteiger partial charge in [-0.05, 0) is 48.6 Å². The Bertz CT molecular complexity index is 1030. The van der Waals surface area contributed by atoms with E-state index in [1.54, 1.807) is 0 Å². The fraction of sp³-hybridized carbons (Fsp3) is 0.375. The van der Waals surface area contributed by atoms with Gasteiger partial charge in [-0.1, -0.05) is 30.3 Å². The number of carbonyl (C=O) groups excluding carboxylic acids is 1. The van der Waals surface area contributed by atoms with Gasteiger partial charge >= 0.3 is 0 Å². The van der Waals surface area contributed by atoms with Crippen LogP contribution in [0.4, 0.5) is 11.4 Å². The number of benzene rings is 2. The lowest BCUT2D eigenvalue weighted by atomic mass is 9.91. The number of aryl methyl sites for hydroxylation is 2. The number of anilines is 2. The third-order valence-corrected chi connectivity index (χ3v) is 6.31. The van der Waals surface area contributed by atoms with E-state index in [9.17, 15) is 4.79 Å². The zero-order valence-corrected chi connectivity index (χ0v) is 17.1. The van der Waals surface area contributed by atoms with Crippen molar-refractivity contribution in [2.45, 2.75) is 44.6 Å². The second-order valence-corrected chi connectivity index (χ2v) is 8.27. The molecule has 6 nitrogen and oxygen atoms in total. The molecule has 2 aliphatic heterocycles. The van der Waals surface area contributed by atoms with E-state index in [2.05, 4.69) is 61.4 Å². The molecule has 2 aromatic carbocycles. The number of aromatic nitrogens is 3. The van der Waals surface area contributed by atoms with Crippen LogP contribution in [0.3, 0.4) is 0 Å². The molecule has 0 fully saturated rings. The van der Waals surface area contributed by atoms with E-state index in [1.165, 1.54) is 16.8 Å².